The molecule has 2 aromatic carbocycles. The van der Waals surface area contributed by atoms with E-state index in [9.17, 15) is 19.6 Å². The molecule has 0 heterocycles. The standard InChI is InChI=1S/C15H15O7P/c16-11-3-1-2-10(8-11)4-7-14(18)13-6-5-12(17)9-15(13)22-23(19,20)21/h1-3,5-6,8-9,16-17H,4,7H2,(H2,19,20,21). The fourth-order valence-electron chi connectivity index (χ4n) is 2.05. The third kappa shape index (κ3) is 5.10. The molecule has 0 amide bonds. The highest BCUT2D eigenvalue weighted by molar-refractivity contribution is 7.46. The van der Waals surface area contributed by atoms with Crippen LogP contribution in [0.4, 0.5) is 0 Å². The van der Waals surface area contributed by atoms with Gasteiger partial charge in [-0.1, -0.05) is 12.1 Å². The molecule has 0 spiro atoms. The van der Waals surface area contributed by atoms with E-state index in [2.05, 4.69) is 4.52 Å². The van der Waals surface area contributed by atoms with E-state index >= 15 is 0 Å². The molecule has 0 aliphatic rings. The summed E-state index contributed by atoms with van der Waals surface area (Å²) in [6, 6.07) is 9.88. The van der Waals surface area contributed by atoms with E-state index in [-0.39, 0.29) is 29.2 Å². The van der Waals surface area contributed by atoms with E-state index in [0.29, 0.717) is 6.42 Å². The quantitative estimate of drug-likeness (QED) is 0.471. The molecule has 8 heteroatoms. The highest BCUT2D eigenvalue weighted by atomic mass is 31.2. The molecule has 0 saturated heterocycles. The van der Waals surface area contributed by atoms with Gasteiger partial charge >= 0.3 is 7.82 Å². The second kappa shape index (κ2) is 6.83. The number of hydrogen-bond donors (Lipinski definition) is 4. The van der Waals surface area contributed by atoms with Gasteiger partial charge in [0.15, 0.2) is 5.78 Å². The van der Waals surface area contributed by atoms with Gasteiger partial charge in [0.1, 0.15) is 17.2 Å². The molecule has 0 radical (unpaired) electrons. The molecule has 0 fully saturated rings. The lowest BCUT2D eigenvalue weighted by Gasteiger charge is -2.11. The molecule has 2 aromatic rings. The molecule has 7 nitrogen and oxygen atoms in total. The number of carbonyl (C=O) groups excluding carboxylic acids is 1. The van der Waals surface area contributed by atoms with Crippen molar-refractivity contribution in [3.05, 3.63) is 53.6 Å². The minimum atomic E-state index is -4.85. The van der Waals surface area contributed by atoms with Crippen molar-refractivity contribution in [1.29, 1.82) is 0 Å². The Morgan fingerprint density at radius 1 is 1.04 bits per heavy atom. The van der Waals surface area contributed by atoms with Crippen molar-refractivity contribution in [2.75, 3.05) is 0 Å². The van der Waals surface area contributed by atoms with Crippen molar-refractivity contribution in [2.45, 2.75) is 12.8 Å². The minimum Gasteiger partial charge on any atom is -0.508 e. The molecule has 0 aliphatic carbocycles. The number of phenolic OH excluding ortho intramolecular Hbond substituents is 2. The van der Waals surface area contributed by atoms with Crippen molar-refractivity contribution in [3.63, 3.8) is 0 Å². The highest BCUT2D eigenvalue weighted by Gasteiger charge is 2.21. The Bertz CT molecular complexity index is 766. The van der Waals surface area contributed by atoms with Gasteiger partial charge in [0.2, 0.25) is 0 Å². The number of rotatable bonds is 6. The number of phosphoric ester groups is 1. The Hall–Kier alpha value is -2.34. The van der Waals surface area contributed by atoms with Crippen molar-refractivity contribution in [1.82, 2.24) is 0 Å². The largest absolute Gasteiger partial charge is 0.524 e. The predicted molar refractivity (Wildman–Crippen MR) is 81.5 cm³/mol. The lowest BCUT2D eigenvalue weighted by atomic mass is 10.0. The summed E-state index contributed by atoms with van der Waals surface area (Å²) in [5.74, 6) is -0.973. The average molecular weight is 338 g/mol. The summed E-state index contributed by atoms with van der Waals surface area (Å²) in [5, 5.41) is 18.8. The molecular formula is C15H15O7P. The molecule has 23 heavy (non-hydrogen) atoms. The van der Waals surface area contributed by atoms with Gasteiger partial charge in [0.05, 0.1) is 5.56 Å². The minimum absolute atomic E-state index is 0.0359. The van der Waals surface area contributed by atoms with Crippen molar-refractivity contribution >= 4 is 13.6 Å². The monoisotopic (exact) mass is 338 g/mol. The Morgan fingerprint density at radius 2 is 1.74 bits per heavy atom. The lowest BCUT2D eigenvalue weighted by molar-refractivity contribution is 0.0981. The molecule has 0 saturated carbocycles. The Kier molecular flexibility index (Phi) is 5.05. The molecule has 0 aromatic heterocycles. The van der Waals surface area contributed by atoms with Crippen LogP contribution in [0.15, 0.2) is 42.5 Å². The number of benzene rings is 2. The Labute approximate surface area is 132 Å². The zero-order valence-corrected chi connectivity index (χ0v) is 12.8. The first-order valence-corrected chi connectivity index (χ1v) is 8.17. The SMILES string of the molecule is O=C(CCc1cccc(O)c1)c1ccc(O)cc1OP(=O)(O)O. The highest BCUT2D eigenvalue weighted by Crippen LogP contribution is 2.40. The number of Topliss-reactive ketones (excluding diaryl/α,β-unsaturated/α-hetero) is 1. The molecule has 2 rings (SSSR count). The average Bonchev–Trinajstić information content (AvgIpc) is 2.43. The van der Waals surface area contributed by atoms with E-state index in [1.807, 2.05) is 0 Å². The van der Waals surface area contributed by atoms with Gasteiger partial charge in [-0.3, -0.25) is 14.6 Å². The number of phosphoric acid groups is 1. The summed E-state index contributed by atoms with van der Waals surface area (Å²) >= 11 is 0. The van der Waals surface area contributed by atoms with Crippen LogP contribution in [0, 0.1) is 0 Å². The normalized spacial score (nSPS) is 11.2. The van der Waals surface area contributed by atoms with Crippen molar-refractivity contribution < 1.29 is 33.9 Å². The van der Waals surface area contributed by atoms with Gasteiger partial charge < -0.3 is 14.7 Å². The summed E-state index contributed by atoms with van der Waals surface area (Å²) in [6.07, 6.45) is 0.384. The summed E-state index contributed by atoms with van der Waals surface area (Å²) in [7, 11) is -4.85. The van der Waals surface area contributed by atoms with E-state index in [1.54, 1.807) is 12.1 Å². The first-order valence-electron chi connectivity index (χ1n) is 6.64. The van der Waals surface area contributed by atoms with Crippen LogP contribution in [0.5, 0.6) is 17.2 Å². The number of carbonyl (C=O) groups is 1. The number of aryl methyl sites for hydroxylation is 1. The fourth-order valence-corrected chi connectivity index (χ4v) is 2.46. The van der Waals surface area contributed by atoms with Gasteiger partial charge in [0, 0.05) is 12.5 Å². The fraction of sp³-hybridized carbons (Fsp3) is 0.133. The summed E-state index contributed by atoms with van der Waals surface area (Å²) in [5.41, 5.74) is 0.709. The van der Waals surface area contributed by atoms with Crippen molar-refractivity contribution in [2.24, 2.45) is 0 Å². The molecule has 0 aliphatic heterocycles. The summed E-state index contributed by atoms with van der Waals surface area (Å²) in [4.78, 5) is 30.0. The molecule has 122 valence electrons. The summed E-state index contributed by atoms with van der Waals surface area (Å²) < 4.78 is 15.4. The first kappa shape index (κ1) is 17.0. The zero-order valence-electron chi connectivity index (χ0n) is 11.9. The van der Waals surface area contributed by atoms with Crippen LogP contribution in [-0.2, 0) is 11.0 Å². The molecule has 0 bridgehead atoms. The number of ketones is 1. The van der Waals surface area contributed by atoms with Crippen LogP contribution >= 0.6 is 7.82 Å². The van der Waals surface area contributed by atoms with E-state index in [4.69, 9.17) is 9.79 Å². The number of phenols is 2. The second-order valence-corrected chi connectivity index (χ2v) is 6.02. The van der Waals surface area contributed by atoms with Crippen LogP contribution in [0.3, 0.4) is 0 Å². The molecule has 0 unspecified atom stereocenters. The Balaban J connectivity index is 2.17. The van der Waals surface area contributed by atoms with Crippen LogP contribution in [0.25, 0.3) is 0 Å². The van der Waals surface area contributed by atoms with Gasteiger partial charge in [-0.2, -0.15) is 0 Å². The van der Waals surface area contributed by atoms with E-state index in [0.717, 1.165) is 11.6 Å². The van der Waals surface area contributed by atoms with Gasteiger partial charge in [-0.05, 0) is 36.2 Å². The number of aromatic hydroxyl groups is 2. The first-order chi connectivity index (χ1) is 10.7. The topological polar surface area (TPSA) is 124 Å². The maximum atomic E-state index is 12.2. The lowest BCUT2D eigenvalue weighted by Crippen LogP contribution is -2.04. The third-order valence-corrected chi connectivity index (χ3v) is 3.47. The zero-order chi connectivity index (χ0) is 17.0. The van der Waals surface area contributed by atoms with Gasteiger partial charge in [-0.15, -0.1) is 0 Å². The molecule has 0 atom stereocenters. The smallest absolute Gasteiger partial charge is 0.508 e. The maximum absolute atomic E-state index is 12.2. The van der Waals surface area contributed by atoms with Crippen molar-refractivity contribution in [3.8, 4) is 17.2 Å². The van der Waals surface area contributed by atoms with Crippen LogP contribution < -0.4 is 4.52 Å². The van der Waals surface area contributed by atoms with Gasteiger partial charge in [-0.25, -0.2) is 4.57 Å². The predicted octanol–water partition coefficient (Wildman–Crippen LogP) is 2.38. The molecular weight excluding hydrogens is 323 g/mol. The van der Waals surface area contributed by atoms with Crippen LogP contribution in [-0.4, -0.2) is 25.8 Å². The summed E-state index contributed by atoms with van der Waals surface area (Å²) in [6.45, 7) is 0. The Morgan fingerprint density at radius 3 is 2.39 bits per heavy atom. The van der Waals surface area contributed by atoms with E-state index in [1.165, 1.54) is 24.3 Å². The number of hydrogen-bond acceptors (Lipinski definition) is 5. The third-order valence-electron chi connectivity index (χ3n) is 3.03. The maximum Gasteiger partial charge on any atom is 0.524 e. The second-order valence-electron chi connectivity index (χ2n) is 4.86. The van der Waals surface area contributed by atoms with Crippen LogP contribution in [0.2, 0.25) is 0 Å². The van der Waals surface area contributed by atoms with E-state index < -0.39 is 13.6 Å². The van der Waals surface area contributed by atoms with Gasteiger partial charge in [0.25, 0.3) is 0 Å². The molecule has 4 N–H and O–H groups in total. The van der Waals surface area contributed by atoms with Crippen LogP contribution in [0.1, 0.15) is 22.3 Å².